The summed E-state index contributed by atoms with van der Waals surface area (Å²) in [5, 5.41) is 30.4. The lowest BCUT2D eigenvalue weighted by atomic mass is 10.2. The van der Waals surface area contributed by atoms with Crippen LogP contribution in [0.5, 0.6) is 11.5 Å². The van der Waals surface area contributed by atoms with Gasteiger partial charge < -0.3 is 20.6 Å². The smallest absolute Gasteiger partial charge is 0.346 e. The van der Waals surface area contributed by atoms with Crippen LogP contribution in [-0.2, 0) is 0 Å². The van der Waals surface area contributed by atoms with Crippen LogP contribution in [0.1, 0.15) is 25.6 Å². The summed E-state index contributed by atoms with van der Waals surface area (Å²) in [7, 11) is 0. The van der Waals surface area contributed by atoms with Gasteiger partial charge in [0.1, 0.15) is 4.88 Å². The number of phenols is 2. The van der Waals surface area contributed by atoms with Gasteiger partial charge in [-0.05, 0) is 36.8 Å². The summed E-state index contributed by atoms with van der Waals surface area (Å²) < 4.78 is 0. The Morgan fingerprint density at radius 2 is 1.85 bits per heavy atom. The number of aromatic carboxylic acids is 1. The molecule has 1 aromatic heterocycles. The molecule has 0 spiro atoms. The zero-order valence-electron chi connectivity index (χ0n) is 10.4. The van der Waals surface area contributed by atoms with Gasteiger partial charge in [0.05, 0.1) is 5.00 Å². The Bertz CT molecular complexity index is 692. The quantitative estimate of drug-likeness (QED) is 0.650. The molecule has 0 atom stereocenters. The molecule has 1 amide bonds. The van der Waals surface area contributed by atoms with Gasteiger partial charge in [0.25, 0.3) is 5.91 Å². The van der Waals surface area contributed by atoms with Crippen molar-refractivity contribution in [2.45, 2.75) is 6.92 Å². The van der Waals surface area contributed by atoms with Crippen molar-refractivity contribution < 1.29 is 24.9 Å². The minimum Gasteiger partial charge on any atom is -0.504 e. The van der Waals surface area contributed by atoms with E-state index in [4.69, 9.17) is 5.11 Å². The first kappa shape index (κ1) is 13.9. The minimum atomic E-state index is -1.05. The molecule has 0 bridgehead atoms. The second-order valence-electron chi connectivity index (χ2n) is 4.09. The van der Waals surface area contributed by atoms with Crippen LogP contribution in [0, 0.1) is 6.92 Å². The Morgan fingerprint density at radius 1 is 1.15 bits per heavy atom. The number of carboxylic acids is 1. The summed E-state index contributed by atoms with van der Waals surface area (Å²) in [6.07, 6.45) is 0. The first-order valence-corrected chi connectivity index (χ1v) is 6.37. The van der Waals surface area contributed by atoms with E-state index < -0.39 is 17.6 Å². The molecule has 0 aliphatic carbocycles. The maximum atomic E-state index is 11.9. The van der Waals surface area contributed by atoms with Crippen LogP contribution < -0.4 is 5.32 Å². The van der Waals surface area contributed by atoms with E-state index in [0.29, 0.717) is 10.6 Å². The van der Waals surface area contributed by atoms with Crippen molar-refractivity contribution >= 4 is 28.2 Å². The molecule has 4 N–H and O–H groups in total. The fraction of sp³-hybridized carbons (Fsp3) is 0.0769. The van der Waals surface area contributed by atoms with Gasteiger partial charge in [0, 0.05) is 5.56 Å². The highest BCUT2D eigenvalue weighted by Crippen LogP contribution is 2.28. The SMILES string of the molecule is Cc1cc(NC(=O)c2ccc(O)c(O)c2)sc1C(=O)O. The Kier molecular flexibility index (Phi) is 3.62. The lowest BCUT2D eigenvalue weighted by Gasteiger charge is -2.04. The lowest BCUT2D eigenvalue weighted by molar-refractivity contribution is 0.0701. The van der Waals surface area contributed by atoms with Crippen LogP contribution >= 0.6 is 11.3 Å². The zero-order valence-corrected chi connectivity index (χ0v) is 11.2. The Morgan fingerprint density at radius 3 is 2.40 bits per heavy atom. The van der Waals surface area contributed by atoms with Gasteiger partial charge in [-0.25, -0.2) is 4.79 Å². The van der Waals surface area contributed by atoms with Gasteiger partial charge in [0.2, 0.25) is 0 Å². The van der Waals surface area contributed by atoms with E-state index in [9.17, 15) is 19.8 Å². The molecule has 0 fully saturated rings. The molecule has 2 aromatic rings. The number of phenolic OH excluding ortho intramolecular Hbond substituents is 2. The van der Waals surface area contributed by atoms with E-state index in [1.165, 1.54) is 12.1 Å². The molecule has 0 aliphatic rings. The van der Waals surface area contributed by atoms with Crippen molar-refractivity contribution in [3.63, 3.8) is 0 Å². The van der Waals surface area contributed by atoms with E-state index in [1.54, 1.807) is 13.0 Å². The predicted molar refractivity (Wildman–Crippen MR) is 73.7 cm³/mol. The van der Waals surface area contributed by atoms with Gasteiger partial charge in [0.15, 0.2) is 11.5 Å². The van der Waals surface area contributed by atoms with E-state index in [2.05, 4.69) is 5.32 Å². The topological polar surface area (TPSA) is 107 Å². The lowest BCUT2D eigenvalue weighted by Crippen LogP contribution is -2.10. The van der Waals surface area contributed by atoms with Crippen LogP contribution in [-0.4, -0.2) is 27.2 Å². The average molecular weight is 293 g/mol. The summed E-state index contributed by atoms with van der Waals surface area (Å²) in [5.41, 5.74) is 0.717. The summed E-state index contributed by atoms with van der Waals surface area (Å²) in [5.74, 6) is -2.26. The number of anilines is 1. The van der Waals surface area contributed by atoms with E-state index in [1.807, 2.05) is 0 Å². The maximum Gasteiger partial charge on any atom is 0.346 e. The second kappa shape index (κ2) is 5.22. The van der Waals surface area contributed by atoms with E-state index >= 15 is 0 Å². The van der Waals surface area contributed by atoms with Gasteiger partial charge in [-0.2, -0.15) is 0 Å². The molecular formula is C13H11NO5S. The van der Waals surface area contributed by atoms with Crippen molar-refractivity contribution in [3.8, 4) is 11.5 Å². The van der Waals surface area contributed by atoms with Crippen molar-refractivity contribution in [3.05, 3.63) is 40.3 Å². The molecule has 0 radical (unpaired) electrons. The molecule has 0 saturated heterocycles. The van der Waals surface area contributed by atoms with Gasteiger partial charge in [-0.3, -0.25) is 4.79 Å². The Labute approximate surface area is 117 Å². The van der Waals surface area contributed by atoms with E-state index in [0.717, 1.165) is 17.4 Å². The highest BCUT2D eigenvalue weighted by molar-refractivity contribution is 7.18. The van der Waals surface area contributed by atoms with Crippen LogP contribution in [0.3, 0.4) is 0 Å². The normalized spacial score (nSPS) is 10.2. The summed E-state index contributed by atoms with van der Waals surface area (Å²) in [4.78, 5) is 23.0. The van der Waals surface area contributed by atoms with Crippen LogP contribution in [0.4, 0.5) is 5.00 Å². The summed E-state index contributed by atoms with van der Waals surface area (Å²) >= 11 is 0.955. The molecule has 20 heavy (non-hydrogen) atoms. The molecule has 7 heteroatoms. The van der Waals surface area contributed by atoms with Crippen molar-refractivity contribution in [1.29, 1.82) is 0 Å². The molecule has 6 nitrogen and oxygen atoms in total. The molecule has 0 saturated carbocycles. The number of benzene rings is 1. The fourth-order valence-corrected chi connectivity index (χ4v) is 2.51. The standard InChI is InChI=1S/C13H11NO5S/c1-6-4-10(20-11(6)13(18)19)14-12(17)7-2-3-8(15)9(16)5-7/h2-5,15-16H,1H3,(H,14,17)(H,18,19). The number of rotatable bonds is 3. The average Bonchev–Trinajstić information content (AvgIpc) is 2.73. The van der Waals surface area contributed by atoms with Gasteiger partial charge in [-0.15, -0.1) is 11.3 Å². The maximum absolute atomic E-state index is 11.9. The number of thiophene rings is 1. The first-order valence-electron chi connectivity index (χ1n) is 5.55. The number of aromatic hydroxyl groups is 2. The summed E-state index contributed by atoms with van der Waals surface area (Å²) in [6, 6.07) is 5.24. The molecule has 0 aliphatic heterocycles. The number of hydrogen-bond acceptors (Lipinski definition) is 5. The van der Waals surface area contributed by atoms with Gasteiger partial charge >= 0.3 is 5.97 Å². The largest absolute Gasteiger partial charge is 0.504 e. The van der Waals surface area contributed by atoms with Crippen molar-refractivity contribution in [2.24, 2.45) is 0 Å². The first-order chi connectivity index (χ1) is 9.38. The zero-order chi connectivity index (χ0) is 14.9. The third kappa shape index (κ3) is 2.72. The number of amides is 1. The van der Waals surface area contributed by atoms with Crippen LogP contribution in [0.25, 0.3) is 0 Å². The van der Waals surface area contributed by atoms with Crippen LogP contribution in [0.15, 0.2) is 24.3 Å². The van der Waals surface area contributed by atoms with Crippen molar-refractivity contribution in [1.82, 2.24) is 0 Å². The minimum absolute atomic E-state index is 0.156. The molecule has 2 rings (SSSR count). The molecule has 1 heterocycles. The number of aryl methyl sites for hydroxylation is 1. The van der Waals surface area contributed by atoms with E-state index in [-0.39, 0.29) is 16.2 Å². The third-order valence-electron chi connectivity index (χ3n) is 2.59. The molecule has 104 valence electrons. The fourth-order valence-electron chi connectivity index (χ4n) is 1.60. The number of carboxylic acid groups (broad SMARTS) is 1. The number of carbonyl (C=O) groups is 2. The second-order valence-corrected chi connectivity index (χ2v) is 5.14. The Hall–Kier alpha value is -2.54. The highest BCUT2D eigenvalue weighted by Gasteiger charge is 2.15. The van der Waals surface area contributed by atoms with Crippen molar-refractivity contribution in [2.75, 3.05) is 5.32 Å². The molecule has 0 unspecified atom stereocenters. The third-order valence-corrected chi connectivity index (χ3v) is 3.73. The van der Waals surface area contributed by atoms with Crippen LogP contribution in [0.2, 0.25) is 0 Å². The number of carbonyl (C=O) groups excluding carboxylic acids is 1. The monoisotopic (exact) mass is 293 g/mol. The molecule has 1 aromatic carbocycles. The highest BCUT2D eigenvalue weighted by atomic mass is 32.1. The van der Waals surface area contributed by atoms with Gasteiger partial charge in [-0.1, -0.05) is 0 Å². The summed E-state index contributed by atoms with van der Waals surface area (Å²) in [6.45, 7) is 1.64. The predicted octanol–water partition coefficient (Wildman–Crippen LogP) is 2.42. The number of hydrogen-bond donors (Lipinski definition) is 4. The Balaban J connectivity index is 2.21. The molecular weight excluding hydrogens is 282 g/mol. The number of nitrogens with one attached hydrogen (secondary N) is 1.